The number of hydrogen-bond acceptors (Lipinski definition) is 6. The number of anilines is 1. The first kappa shape index (κ1) is 16.4. The molecule has 0 atom stereocenters. The van der Waals surface area contributed by atoms with Crippen molar-refractivity contribution in [2.24, 2.45) is 0 Å². The number of aryl methyl sites for hydroxylation is 1. The van der Waals surface area contributed by atoms with Crippen molar-refractivity contribution < 1.29 is 19.2 Å². The Kier molecular flexibility index (Phi) is 5.21. The van der Waals surface area contributed by atoms with E-state index in [4.69, 9.17) is 9.47 Å². The smallest absolute Gasteiger partial charge is 0.272 e. The zero-order chi connectivity index (χ0) is 16.8. The quantitative estimate of drug-likeness (QED) is 0.649. The molecule has 23 heavy (non-hydrogen) atoms. The minimum atomic E-state index is -0.449. The molecule has 0 saturated heterocycles. The minimum Gasteiger partial charge on any atom is -0.457 e. The largest absolute Gasteiger partial charge is 0.457 e. The van der Waals surface area contributed by atoms with Crippen molar-refractivity contribution in [1.29, 1.82) is 0 Å². The predicted molar refractivity (Wildman–Crippen MR) is 82.7 cm³/mol. The number of pyridine rings is 1. The Balaban J connectivity index is 2.13. The lowest BCUT2D eigenvalue weighted by molar-refractivity contribution is -0.385. The number of carbonyl (C=O) groups is 1. The molecule has 1 amide bonds. The second-order valence-corrected chi connectivity index (χ2v) is 4.67. The van der Waals surface area contributed by atoms with Crippen LogP contribution in [-0.4, -0.2) is 29.5 Å². The number of ether oxygens (including phenoxy) is 2. The van der Waals surface area contributed by atoms with Gasteiger partial charge in [-0.05, 0) is 25.1 Å². The fraction of sp³-hybridized carbons (Fsp3) is 0.200. The second kappa shape index (κ2) is 7.32. The van der Waals surface area contributed by atoms with Crippen LogP contribution in [0.15, 0.2) is 36.5 Å². The van der Waals surface area contributed by atoms with Crippen LogP contribution < -0.4 is 10.1 Å². The molecular weight excluding hydrogens is 302 g/mol. The number of aromatic nitrogens is 1. The number of amides is 1. The summed E-state index contributed by atoms with van der Waals surface area (Å²) in [5, 5.41) is 13.4. The molecule has 8 nitrogen and oxygen atoms in total. The highest BCUT2D eigenvalue weighted by molar-refractivity contribution is 5.90. The lowest BCUT2D eigenvalue weighted by Crippen LogP contribution is -2.17. The number of rotatable bonds is 6. The van der Waals surface area contributed by atoms with Crippen LogP contribution in [-0.2, 0) is 9.53 Å². The maximum Gasteiger partial charge on any atom is 0.272 e. The van der Waals surface area contributed by atoms with Gasteiger partial charge < -0.3 is 14.8 Å². The van der Waals surface area contributed by atoms with Crippen molar-refractivity contribution in [3.8, 4) is 11.5 Å². The Hall–Kier alpha value is -3.00. The van der Waals surface area contributed by atoms with Crippen LogP contribution in [0.5, 0.6) is 11.5 Å². The van der Waals surface area contributed by atoms with Gasteiger partial charge in [0.1, 0.15) is 23.9 Å². The van der Waals surface area contributed by atoms with E-state index in [1.54, 1.807) is 25.1 Å². The van der Waals surface area contributed by atoms with Gasteiger partial charge in [-0.2, -0.15) is 0 Å². The van der Waals surface area contributed by atoms with Gasteiger partial charge in [0, 0.05) is 31.0 Å². The van der Waals surface area contributed by atoms with Gasteiger partial charge in [-0.25, -0.2) is 4.98 Å². The van der Waals surface area contributed by atoms with Gasteiger partial charge >= 0.3 is 0 Å². The molecule has 0 radical (unpaired) electrons. The van der Waals surface area contributed by atoms with Gasteiger partial charge in [0.05, 0.1) is 4.92 Å². The Morgan fingerprint density at radius 3 is 2.70 bits per heavy atom. The first-order valence-electron chi connectivity index (χ1n) is 6.67. The fourth-order valence-corrected chi connectivity index (χ4v) is 1.89. The molecule has 0 spiro atoms. The summed E-state index contributed by atoms with van der Waals surface area (Å²) in [5.74, 6) is 0.890. The van der Waals surface area contributed by atoms with Crippen molar-refractivity contribution >= 4 is 17.4 Å². The average molecular weight is 317 g/mol. The van der Waals surface area contributed by atoms with Crippen molar-refractivity contribution in [1.82, 2.24) is 4.98 Å². The van der Waals surface area contributed by atoms with Crippen molar-refractivity contribution in [3.63, 3.8) is 0 Å². The second-order valence-electron chi connectivity index (χ2n) is 4.67. The summed E-state index contributed by atoms with van der Waals surface area (Å²) in [4.78, 5) is 25.8. The molecule has 0 saturated carbocycles. The van der Waals surface area contributed by atoms with Gasteiger partial charge in [0.25, 0.3) is 11.6 Å². The molecule has 1 N–H and O–H groups in total. The van der Waals surface area contributed by atoms with Gasteiger partial charge in [0.2, 0.25) is 0 Å². The zero-order valence-electron chi connectivity index (χ0n) is 12.6. The van der Waals surface area contributed by atoms with E-state index >= 15 is 0 Å². The molecule has 0 aliphatic carbocycles. The molecule has 2 rings (SSSR count). The third-order valence-corrected chi connectivity index (χ3v) is 2.87. The van der Waals surface area contributed by atoms with Gasteiger partial charge in [0.15, 0.2) is 0 Å². The molecule has 1 heterocycles. The summed E-state index contributed by atoms with van der Waals surface area (Å²) < 4.78 is 10.4. The first-order chi connectivity index (χ1) is 11.0. The van der Waals surface area contributed by atoms with Crippen LogP contribution in [0.3, 0.4) is 0 Å². The number of carbonyl (C=O) groups excluding carboxylic acids is 1. The fourth-order valence-electron chi connectivity index (χ4n) is 1.89. The summed E-state index contributed by atoms with van der Waals surface area (Å²) in [6.45, 7) is 1.56. The lowest BCUT2D eigenvalue weighted by atomic mass is 10.2. The number of benzene rings is 1. The highest BCUT2D eigenvalue weighted by atomic mass is 16.6. The lowest BCUT2D eigenvalue weighted by Gasteiger charge is -2.08. The summed E-state index contributed by atoms with van der Waals surface area (Å²) in [6.07, 6.45) is 1.48. The maximum absolute atomic E-state index is 11.4. The Labute approximate surface area is 132 Å². The van der Waals surface area contributed by atoms with Gasteiger partial charge in [-0.15, -0.1) is 0 Å². The summed E-state index contributed by atoms with van der Waals surface area (Å²) in [6, 6.07) is 7.62. The van der Waals surface area contributed by atoms with E-state index in [0.29, 0.717) is 22.9 Å². The van der Waals surface area contributed by atoms with Crippen LogP contribution in [0, 0.1) is 17.0 Å². The first-order valence-corrected chi connectivity index (χ1v) is 6.67. The Morgan fingerprint density at radius 1 is 1.30 bits per heavy atom. The van der Waals surface area contributed by atoms with Crippen LogP contribution in [0.4, 0.5) is 11.5 Å². The molecule has 0 unspecified atom stereocenters. The van der Waals surface area contributed by atoms with Crippen LogP contribution in [0.25, 0.3) is 0 Å². The molecular formula is C15H15N3O5. The number of nitro benzene ring substituents is 1. The predicted octanol–water partition coefficient (Wildman–Crippen LogP) is 2.68. The van der Waals surface area contributed by atoms with E-state index in [9.17, 15) is 14.9 Å². The molecule has 1 aromatic carbocycles. The molecule has 0 fully saturated rings. The highest BCUT2D eigenvalue weighted by Gasteiger charge is 2.11. The normalized spacial score (nSPS) is 10.2. The summed E-state index contributed by atoms with van der Waals surface area (Å²) in [5.41, 5.74) is 0.523. The monoisotopic (exact) mass is 317 g/mol. The van der Waals surface area contributed by atoms with E-state index in [1.807, 2.05) is 0 Å². The topological polar surface area (TPSA) is 104 Å². The van der Waals surface area contributed by atoms with Crippen molar-refractivity contribution in [2.75, 3.05) is 19.0 Å². The van der Waals surface area contributed by atoms with Crippen molar-refractivity contribution in [2.45, 2.75) is 6.92 Å². The zero-order valence-corrected chi connectivity index (χ0v) is 12.6. The van der Waals surface area contributed by atoms with E-state index in [2.05, 4.69) is 10.3 Å². The van der Waals surface area contributed by atoms with Crippen LogP contribution >= 0.6 is 0 Å². The molecule has 0 aliphatic heterocycles. The van der Waals surface area contributed by atoms with Crippen LogP contribution in [0.1, 0.15) is 5.56 Å². The molecule has 8 heteroatoms. The number of methoxy groups -OCH3 is 1. The SMILES string of the molecule is COCC(=O)Nc1cc(Oc2ccc([N+](=O)[O-])c(C)c2)ccn1. The molecule has 2 aromatic rings. The average Bonchev–Trinajstić information content (AvgIpc) is 2.47. The Morgan fingerprint density at radius 2 is 2.04 bits per heavy atom. The van der Waals surface area contributed by atoms with E-state index in [-0.39, 0.29) is 18.2 Å². The van der Waals surface area contributed by atoms with Crippen molar-refractivity contribution in [3.05, 3.63) is 52.2 Å². The molecule has 1 aromatic heterocycles. The van der Waals surface area contributed by atoms with Gasteiger partial charge in [-0.1, -0.05) is 0 Å². The molecule has 0 bridgehead atoms. The number of hydrogen-bond donors (Lipinski definition) is 1. The number of nitrogens with zero attached hydrogens (tertiary/aromatic N) is 2. The third-order valence-electron chi connectivity index (χ3n) is 2.87. The molecule has 0 aliphatic rings. The Bertz CT molecular complexity index is 733. The highest BCUT2D eigenvalue weighted by Crippen LogP contribution is 2.27. The standard InChI is InChI=1S/C15H15N3O5/c1-10-7-11(3-4-13(10)18(20)21)23-12-5-6-16-14(8-12)17-15(19)9-22-2/h3-8H,9H2,1-2H3,(H,16,17,19). The molecule has 120 valence electrons. The number of nitro groups is 1. The van der Waals surface area contributed by atoms with Crippen LogP contribution in [0.2, 0.25) is 0 Å². The number of nitrogens with one attached hydrogen (secondary N) is 1. The van der Waals surface area contributed by atoms with E-state index in [1.165, 1.54) is 25.4 Å². The summed E-state index contributed by atoms with van der Waals surface area (Å²) in [7, 11) is 1.42. The maximum atomic E-state index is 11.4. The van der Waals surface area contributed by atoms with E-state index < -0.39 is 4.92 Å². The minimum absolute atomic E-state index is 0.0274. The van der Waals surface area contributed by atoms with Gasteiger partial charge in [-0.3, -0.25) is 14.9 Å². The third kappa shape index (κ3) is 4.48. The van der Waals surface area contributed by atoms with E-state index in [0.717, 1.165) is 0 Å². The summed E-state index contributed by atoms with van der Waals surface area (Å²) >= 11 is 0.